The summed E-state index contributed by atoms with van der Waals surface area (Å²) in [5.74, 6) is -0.272. The molecule has 3 aromatic heterocycles. The molecule has 0 atom stereocenters. The van der Waals surface area contributed by atoms with Gasteiger partial charge in [-0.2, -0.15) is 5.10 Å². The zero-order chi connectivity index (χ0) is 20.0. The second-order valence-electron chi connectivity index (χ2n) is 6.89. The van der Waals surface area contributed by atoms with Crippen molar-refractivity contribution < 1.29 is 4.79 Å². The van der Waals surface area contributed by atoms with Crippen LogP contribution < -0.4 is 5.32 Å². The van der Waals surface area contributed by atoms with Gasteiger partial charge in [0.2, 0.25) is 0 Å². The van der Waals surface area contributed by atoms with Gasteiger partial charge < -0.3 is 0 Å². The molecule has 7 heteroatoms. The number of nitrogens with one attached hydrogen (secondary N) is 1. The van der Waals surface area contributed by atoms with Gasteiger partial charge in [0, 0.05) is 11.8 Å². The number of benzene rings is 2. The Bertz CT molecular complexity index is 1370. The average Bonchev–Trinajstić information content (AvgIpc) is 3.32. The van der Waals surface area contributed by atoms with Crippen molar-refractivity contribution in [2.75, 3.05) is 5.32 Å². The molecule has 1 N–H and O–H groups in total. The first-order valence-electron chi connectivity index (χ1n) is 9.17. The minimum Gasteiger partial charge on any atom is -0.298 e. The molecule has 6 nitrogen and oxygen atoms in total. The SMILES string of the molecule is Cc1cc(C)c2nc(NC(=O)c3cnn4c(-c5ccccc5)ccnc34)sc2c1. The maximum Gasteiger partial charge on any atom is 0.262 e. The Balaban J connectivity index is 1.51. The maximum atomic E-state index is 12.9. The molecule has 5 aromatic rings. The van der Waals surface area contributed by atoms with Crippen molar-refractivity contribution in [2.24, 2.45) is 0 Å². The van der Waals surface area contributed by atoms with Crippen LogP contribution in [0.1, 0.15) is 21.5 Å². The number of hydrogen-bond acceptors (Lipinski definition) is 5. The summed E-state index contributed by atoms with van der Waals surface area (Å²) in [6.45, 7) is 4.08. The molecule has 0 radical (unpaired) electrons. The quantitative estimate of drug-likeness (QED) is 0.470. The van der Waals surface area contributed by atoms with E-state index in [4.69, 9.17) is 0 Å². The van der Waals surface area contributed by atoms with Gasteiger partial charge in [-0.1, -0.05) is 47.7 Å². The highest BCUT2D eigenvalue weighted by atomic mass is 32.1. The van der Waals surface area contributed by atoms with Crippen molar-refractivity contribution in [2.45, 2.75) is 13.8 Å². The van der Waals surface area contributed by atoms with Crippen LogP contribution in [0.4, 0.5) is 5.13 Å². The molecule has 0 aliphatic carbocycles. The molecular weight excluding hydrogens is 382 g/mol. The molecule has 0 aliphatic rings. The van der Waals surface area contributed by atoms with Crippen molar-refractivity contribution in [3.05, 3.63) is 77.6 Å². The lowest BCUT2D eigenvalue weighted by Gasteiger charge is -2.04. The summed E-state index contributed by atoms with van der Waals surface area (Å²) in [6.07, 6.45) is 3.24. The Labute approximate surface area is 170 Å². The molecule has 0 spiro atoms. The number of fused-ring (bicyclic) bond motifs is 2. The van der Waals surface area contributed by atoms with Crippen LogP contribution >= 0.6 is 11.3 Å². The molecule has 1 amide bonds. The van der Waals surface area contributed by atoms with Gasteiger partial charge in [-0.15, -0.1) is 0 Å². The van der Waals surface area contributed by atoms with Gasteiger partial charge in [0.1, 0.15) is 5.56 Å². The van der Waals surface area contributed by atoms with E-state index in [9.17, 15) is 4.79 Å². The van der Waals surface area contributed by atoms with Crippen molar-refractivity contribution in [3.8, 4) is 11.3 Å². The monoisotopic (exact) mass is 399 g/mol. The third-order valence-electron chi connectivity index (χ3n) is 4.77. The van der Waals surface area contributed by atoms with E-state index in [-0.39, 0.29) is 5.91 Å². The second kappa shape index (κ2) is 6.79. The summed E-state index contributed by atoms with van der Waals surface area (Å²) in [7, 11) is 0. The molecule has 0 bridgehead atoms. The van der Waals surface area contributed by atoms with Crippen LogP contribution in [0.3, 0.4) is 0 Å². The first-order valence-corrected chi connectivity index (χ1v) is 9.99. The van der Waals surface area contributed by atoms with Gasteiger partial charge in [0.05, 0.1) is 22.1 Å². The molecule has 29 heavy (non-hydrogen) atoms. The highest BCUT2D eigenvalue weighted by Gasteiger charge is 2.18. The fourth-order valence-electron chi connectivity index (χ4n) is 3.47. The third kappa shape index (κ3) is 3.05. The number of amides is 1. The van der Waals surface area contributed by atoms with Crippen molar-refractivity contribution >= 4 is 38.2 Å². The molecule has 0 saturated carbocycles. The van der Waals surface area contributed by atoms with Gasteiger partial charge in [-0.05, 0) is 37.1 Å². The Hall–Kier alpha value is -3.58. The standard InChI is InChI=1S/C22H17N5OS/c1-13-10-14(2)19-18(11-13)29-22(25-19)26-21(28)16-12-24-27-17(8-9-23-20(16)27)15-6-4-3-5-7-15/h3-12H,1-2H3,(H,25,26,28). The molecule has 142 valence electrons. The van der Waals surface area contributed by atoms with Gasteiger partial charge in [0.15, 0.2) is 10.8 Å². The second-order valence-corrected chi connectivity index (χ2v) is 7.92. The third-order valence-corrected chi connectivity index (χ3v) is 5.68. The zero-order valence-electron chi connectivity index (χ0n) is 15.9. The fourth-order valence-corrected chi connectivity index (χ4v) is 4.50. The lowest BCUT2D eigenvalue weighted by molar-refractivity contribution is 0.102. The molecular formula is C22H17N5OS. The Morgan fingerprint density at radius 1 is 1.10 bits per heavy atom. The molecule has 0 unspecified atom stereocenters. The summed E-state index contributed by atoms with van der Waals surface area (Å²) >= 11 is 1.47. The number of thiazole rings is 1. The molecule has 0 aliphatic heterocycles. The highest BCUT2D eigenvalue weighted by molar-refractivity contribution is 7.22. The fraction of sp³-hybridized carbons (Fsp3) is 0.0909. The first-order chi connectivity index (χ1) is 14.1. The number of carbonyl (C=O) groups excluding carboxylic acids is 1. The van der Waals surface area contributed by atoms with Crippen molar-refractivity contribution in [1.82, 2.24) is 19.6 Å². The van der Waals surface area contributed by atoms with E-state index in [1.54, 1.807) is 16.9 Å². The van der Waals surface area contributed by atoms with Crippen LogP contribution in [0.5, 0.6) is 0 Å². The number of carbonyl (C=O) groups is 1. The first kappa shape index (κ1) is 17.5. The molecule has 5 rings (SSSR count). The van der Waals surface area contributed by atoms with E-state index in [1.807, 2.05) is 43.3 Å². The minimum absolute atomic E-state index is 0.272. The van der Waals surface area contributed by atoms with Crippen LogP contribution in [0.25, 0.3) is 27.1 Å². The van der Waals surface area contributed by atoms with Crippen LogP contribution in [0.15, 0.2) is 60.9 Å². The van der Waals surface area contributed by atoms with Gasteiger partial charge >= 0.3 is 0 Å². The van der Waals surface area contributed by atoms with Gasteiger partial charge in [-0.25, -0.2) is 14.5 Å². The van der Waals surface area contributed by atoms with Gasteiger partial charge in [-0.3, -0.25) is 10.1 Å². The van der Waals surface area contributed by atoms with Crippen molar-refractivity contribution in [3.63, 3.8) is 0 Å². The van der Waals surface area contributed by atoms with Crippen LogP contribution in [0, 0.1) is 13.8 Å². The van der Waals surface area contributed by atoms with Crippen LogP contribution in [-0.2, 0) is 0 Å². The van der Waals surface area contributed by atoms with E-state index in [0.29, 0.717) is 16.3 Å². The number of aromatic nitrogens is 4. The summed E-state index contributed by atoms with van der Waals surface area (Å²) in [5, 5.41) is 7.88. The highest BCUT2D eigenvalue weighted by Crippen LogP contribution is 2.30. The van der Waals surface area contributed by atoms with Gasteiger partial charge in [0.25, 0.3) is 5.91 Å². The van der Waals surface area contributed by atoms with E-state index >= 15 is 0 Å². The predicted octanol–water partition coefficient (Wildman–Crippen LogP) is 4.88. The van der Waals surface area contributed by atoms with E-state index < -0.39 is 0 Å². The van der Waals surface area contributed by atoms with Crippen LogP contribution in [0.2, 0.25) is 0 Å². The maximum absolute atomic E-state index is 12.9. The molecule has 0 saturated heterocycles. The predicted molar refractivity (Wildman–Crippen MR) is 115 cm³/mol. The smallest absolute Gasteiger partial charge is 0.262 e. The minimum atomic E-state index is -0.272. The topological polar surface area (TPSA) is 72.2 Å². The molecule has 2 aromatic carbocycles. The van der Waals surface area contributed by atoms with E-state index in [2.05, 4.69) is 39.4 Å². The Morgan fingerprint density at radius 2 is 1.93 bits per heavy atom. The summed E-state index contributed by atoms with van der Waals surface area (Å²) in [4.78, 5) is 21.9. The molecule has 3 heterocycles. The Morgan fingerprint density at radius 3 is 2.76 bits per heavy atom. The summed E-state index contributed by atoms with van der Waals surface area (Å²) in [5.41, 5.74) is 6.00. The summed E-state index contributed by atoms with van der Waals surface area (Å²) < 4.78 is 2.75. The van der Waals surface area contributed by atoms with Crippen LogP contribution in [-0.4, -0.2) is 25.5 Å². The molecule has 0 fully saturated rings. The number of nitrogens with zero attached hydrogens (tertiary/aromatic N) is 4. The van der Waals surface area contributed by atoms with E-state index in [0.717, 1.165) is 27.0 Å². The average molecular weight is 399 g/mol. The Kier molecular flexibility index (Phi) is 4.10. The lowest BCUT2D eigenvalue weighted by atomic mass is 10.1. The zero-order valence-corrected chi connectivity index (χ0v) is 16.7. The number of rotatable bonds is 3. The number of aryl methyl sites for hydroxylation is 2. The number of hydrogen-bond donors (Lipinski definition) is 1. The van der Waals surface area contributed by atoms with E-state index in [1.165, 1.54) is 16.9 Å². The lowest BCUT2D eigenvalue weighted by Crippen LogP contribution is -2.12. The normalized spacial score (nSPS) is 11.2. The largest absolute Gasteiger partial charge is 0.298 e. The number of anilines is 1. The summed E-state index contributed by atoms with van der Waals surface area (Å²) in [6, 6.07) is 16.0. The van der Waals surface area contributed by atoms with Crippen molar-refractivity contribution in [1.29, 1.82) is 0 Å².